The standard InChI is InChI=1S/C11H17N3OS/c1-2-3-7-12-11(16)13-10-8-5-4-6-9(8)14-15-10/h2-7H2,1H3,(H2,12,13,16). The predicted molar refractivity (Wildman–Crippen MR) is 67.7 cm³/mol. The van der Waals surface area contributed by atoms with E-state index in [1.165, 1.54) is 12.0 Å². The van der Waals surface area contributed by atoms with E-state index in [0.29, 0.717) is 5.11 Å². The maximum atomic E-state index is 5.23. The van der Waals surface area contributed by atoms with Gasteiger partial charge in [0.1, 0.15) is 0 Å². The van der Waals surface area contributed by atoms with Gasteiger partial charge in [-0.1, -0.05) is 18.5 Å². The number of hydrogen-bond acceptors (Lipinski definition) is 3. The summed E-state index contributed by atoms with van der Waals surface area (Å²) < 4.78 is 5.23. The van der Waals surface area contributed by atoms with Crippen molar-refractivity contribution in [1.29, 1.82) is 0 Å². The second kappa shape index (κ2) is 5.30. The van der Waals surface area contributed by atoms with Gasteiger partial charge in [-0.2, -0.15) is 0 Å². The highest BCUT2D eigenvalue weighted by Crippen LogP contribution is 2.28. The van der Waals surface area contributed by atoms with Gasteiger partial charge in [0.15, 0.2) is 5.11 Å². The molecule has 0 saturated carbocycles. The van der Waals surface area contributed by atoms with Crippen molar-refractivity contribution >= 4 is 23.2 Å². The molecule has 4 nitrogen and oxygen atoms in total. The van der Waals surface area contributed by atoms with Gasteiger partial charge in [0.05, 0.1) is 5.69 Å². The number of aromatic nitrogens is 1. The second-order valence-electron chi connectivity index (χ2n) is 4.02. The molecule has 0 unspecified atom stereocenters. The molecule has 1 aromatic rings. The lowest BCUT2D eigenvalue weighted by molar-refractivity contribution is 0.424. The Morgan fingerprint density at radius 2 is 2.38 bits per heavy atom. The summed E-state index contributed by atoms with van der Waals surface area (Å²) in [6.07, 6.45) is 5.51. The largest absolute Gasteiger partial charge is 0.362 e. The molecular formula is C11H17N3OS. The number of hydrogen-bond donors (Lipinski definition) is 2. The Morgan fingerprint density at radius 1 is 1.50 bits per heavy atom. The molecule has 1 aromatic heterocycles. The molecule has 0 bridgehead atoms. The molecule has 0 atom stereocenters. The lowest BCUT2D eigenvalue weighted by Gasteiger charge is -2.07. The average molecular weight is 239 g/mol. The molecule has 1 aliphatic carbocycles. The average Bonchev–Trinajstić information content (AvgIpc) is 2.83. The minimum Gasteiger partial charge on any atom is -0.362 e. The Balaban J connectivity index is 1.86. The lowest BCUT2D eigenvalue weighted by Crippen LogP contribution is -2.29. The van der Waals surface area contributed by atoms with E-state index < -0.39 is 0 Å². The molecule has 0 fully saturated rings. The van der Waals surface area contributed by atoms with E-state index in [1.807, 2.05) is 0 Å². The molecule has 0 amide bonds. The normalized spacial score (nSPS) is 13.6. The number of anilines is 1. The topological polar surface area (TPSA) is 50.1 Å². The first-order valence-corrected chi connectivity index (χ1v) is 6.24. The fraction of sp³-hybridized carbons (Fsp3) is 0.636. The van der Waals surface area contributed by atoms with E-state index in [2.05, 4.69) is 22.7 Å². The Kier molecular flexibility index (Phi) is 3.77. The molecule has 2 rings (SSSR count). The highest BCUT2D eigenvalue weighted by Gasteiger charge is 2.21. The molecule has 0 saturated heterocycles. The van der Waals surface area contributed by atoms with Gasteiger partial charge in [-0.25, -0.2) is 0 Å². The van der Waals surface area contributed by atoms with Gasteiger partial charge in [-0.05, 0) is 37.9 Å². The van der Waals surface area contributed by atoms with Crippen molar-refractivity contribution in [2.75, 3.05) is 11.9 Å². The minimum absolute atomic E-state index is 0.624. The second-order valence-corrected chi connectivity index (χ2v) is 4.43. The summed E-state index contributed by atoms with van der Waals surface area (Å²) in [6.45, 7) is 3.06. The quantitative estimate of drug-likeness (QED) is 0.623. The van der Waals surface area contributed by atoms with Gasteiger partial charge < -0.3 is 15.2 Å². The molecule has 0 spiro atoms. The first kappa shape index (κ1) is 11.4. The van der Waals surface area contributed by atoms with E-state index in [1.54, 1.807) is 0 Å². The van der Waals surface area contributed by atoms with Crippen LogP contribution < -0.4 is 10.6 Å². The van der Waals surface area contributed by atoms with E-state index >= 15 is 0 Å². The first-order valence-electron chi connectivity index (χ1n) is 5.83. The number of aryl methyl sites for hydroxylation is 1. The van der Waals surface area contributed by atoms with Crippen molar-refractivity contribution in [2.45, 2.75) is 39.0 Å². The van der Waals surface area contributed by atoms with Crippen molar-refractivity contribution in [3.63, 3.8) is 0 Å². The van der Waals surface area contributed by atoms with Crippen LogP contribution in [0.2, 0.25) is 0 Å². The third-order valence-electron chi connectivity index (χ3n) is 2.75. The van der Waals surface area contributed by atoms with Crippen LogP contribution in [-0.2, 0) is 12.8 Å². The summed E-state index contributed by atoms with van der Waals surface area (Å²) >= 11 is 5.18. The third-order valence-corrected chi connectivity index (χ3v) is 3.00. The molecule has 0 aromatic carbocycles. The third kappa shape index (κ3) is 2.52. The van der Waals surface area contributed by atoms with Gasteiger partial charge in [0, 0.05) is 12.1 Å². The zero-order chi connectivity index (χ0) is 11.4. The first-order chi connectivity index (χ1) is 7.81. The molecule has 1 heterocycles. The number of fused-ring (bicyclic) bond motifs is 1. The Bertz CT molecular complexity index is 375. The summed E-state index contributed by atoms with van der Waals surface area (Å²) in [6, 6.07) is 0. The highest BCUT2D eigenvalue weighted by molar-refractivity contribution is 7.80. The molecule has 0 radical (unpaired) electrons. The van der Waals surface area contributed by atoms with Crippen molar-refractivity contribution in [3.8, 4) is 0 Å². The maximum absolute atomic E-state index is 5.23. The summed E-state index contributed by atoms with van der Waals surface area (Å²) in [5, 5.41) is 10.9. The van der Waals surface area contributed by atoms with Crippen molar-refractivity contribution < 1.29 is 4.52 Å². The van der Waals surface area contributed by atoms with Crippen LogP contribution >= 0.6 is 12.2 Å². The van der Waals surface area contributed by atoms with E-state index in [9.17, 15) is 0 Å². The van der Waals surface area contributed by atoms with Crippen LogP contribution in [0.3, 0.4) is 0 Å². The zero-order valence-corrected chi connectivity index (χ0v) is 10.3. The van der Waals surface area contributed by atoms with Crippen molar-refractivity contribution in [1.82, 2.24) is 10.5 Å². The van der Waals surface area contributed by atoms with E-state index in [0.717, 1.165) is 43.8 Å². The number of rotatable bonds is 4. The number of unbranched alkanes of at least 4 members (excludes halogenated alkanes) is 1. The summed E-state index contributed by atoms with van der Waals surface area (Å²) in [4.78, 5) is 0. The van der Waals surface area contributed by atoms with Crippen molar-refractivity contribution in [3.05, 3.63) is 11.3 Å². The predicted octanol–water partition coefficient (Wildman–Crippen LogP) is 2.25. The highest BCUT2D eigenvalue weighted by atomic mass is 32.1. The maximum Gasteiger partial charge on any atom is 0.234 e. The van der Waals surface area contributed by atoms with Crippen LogP contribution in [0.5, 0.6) is 0 Å². The fourth-order valence-corrected chi connectivity index (χ4v) is 2.05. The molecule has 88 valence electrons. The van der Waals surface area contributed by atoms with Gasteiger partial charge in [0.2, 0.25) is 5.88 Å². The van der Waals surface area contributed by atoms with Crippen LogP contribution in [0.15, 0.2) is 4.52 Å². The Morgan fingerprint density at radius 3 is 3.19 bits per heavy atom. The summed E-state index contributed by atoms with van der Waals surface area (Å²) in [5.74, 6) is 0.724. The zero-order valence-electron chi connectivity index (χ0n) is 9.51. The molecule has 2 N–H and O–H groups in total. The summed E-state index contributed by atoms with van der Waals surface area (Å²) in [5.41, 5.74) is 2.28. The van der Waals surface area contributed by atoms with E-state index in [-0.39, 0.29) is 0 Å². The Labute approximate surface area is 101 Å². The molecule has 0 aliphatic heterocycles. The minimum atomic E-state index is 0.624. The lowest BCUT2D eigenvalue weighted by atomic mass is 10.3. The number of nitrogens with one attached hydrogen (secondary N) is 2. The van der Waals surface area contributed by atoms with Crippen LogP contribution in [0.1, 0.15) is 37.4 Å². The Hall–Kier alpha value is -1.10. The van der Waals surface area contributed by atoms with Gasteiger partial charge in [-0.15, -0.1) is 0 Å². The monoisotopic (exact) mass is 239 g/mol. The van der Waals surface area contributed by atoms with E-state index in [4.69, 9.17) is 16.7 Å². The van der Waals surface area contributed by atoms with Gasteiger partial charge in [-0.3, -0.25) is 0 Å². The van der Waals surface area contributed by atoms with Crippen LogP contribution in [0, 0.1) is 0 Å². The van der Waals surface area contributed by atoms with Crippen LogP contribution in [0.25, 0.3) is 0 Å². The fourth-order valence-electron chi connectivity index (χ4n) is 1.85. The summed E-state index contributed by atoms with van der Waals surface area (Å²) in [7, 11) is 0. The van der Waals surface area contributed by atoms with Crippen LogP contribution in [0.4, 0.5) is 5.88 Å². The number of thiocarbonyl (C=S) groups is 1. The molecule has 5 heteroatoms. The molecule has 16 heavy (non-hydrogen) atoms. The molecular weight excluding hydrogens is 222 g/mol. The van der Waals surface area contributed by atoms with Crippen LogP contribution in [-0.4, -0.2) is 16.8 Å². The SMILES string of the molecule is CCCCNC(=S)Nc1onc2c1CCC2. The smallest absolute Gasteiger partial charge is 0.234 e. The van der Waals surface area contributed by atoms with Gasteiger partial charge >= 0.3 is 0 Å². The van der Waals surface area contributed by atoms with Crippen molar-refractivity contribution in [2.24, 2.45) is 0 Å². The number of nitrogens with zero attached hydrogens (tertiary/aromatic N) is 1. The van der Waals surface area contributed by atoms with Gasteiger partial charge in [0.25, 0.3) is 0 Å². The molecule has 1 aliphatic rings.